The van der Waals surface area contributed by atoms with Crippen molar-refractivity contribution in [1.29, 1.82) is 0 Å². The second kappa shape index (κ2) is 6.35. The van der Waals surface area contributed by atoms with Gasteiger partial charge >= 0.3 is 0 Å². The largest absolute Gasteiger partial charge is 0.506 e. The van der Waals surface area contributed by atoms with Crippen molar-refractivity contribution in [2.75, 3.05) is 5.32 Å². The average molecular weight is 323 g/mol. The van der Waals surface area contributed by atoms with Crippen LogP contribution in [0.4, 0.5) is 5.69 Å². The fraction of sp³-hybridized carbons (Fsp3) is 0.263. The molecule has 124 valence electrons. The molecule has 1 aromatic carbocycles. The molecule has 2 N–H and O–H groups in total. The molecule has 0 aliphatic heterocycles. The van der Waals surface area contributed by atoms with E-state index >= 15 is 0 Å². The Bertz CT molecular complexity index is 912. The normalized spacial score (nSPS) is 11.0. The molecule has 0 unspecified atom stereocenters. The Morgan fingerprint density at radius 3 is 2.71 bits per heavy atom. The summed E-state index contributed by atoms with van der Waals surface area (Å²) in [6, 6.07) is 9.02. The third-order valence-electron chi connectivity index (χ3n) is 3.94. The summed E-state index contributed by atoms with van der Waals surface area (Å²) in [6.07, 6.45) is 3.54. The number of imidazole rings is 1. The summed E-state index contributed by atoms with van der Waals surface area (Å²) in [5.41, 5.74) is 4.47. The smallest absolute Gasteiger partial charge is 0.274 e. The van der Waals surface area contributed by atoms with Crippen molar-refractivity contribution in [3.63, 3.8) is 0 Å². The van der Waals surface area contributed by atoms with E-state index in [1.165, 1.54) is 0 Å². The number of nitrogens with zero attached hydrogens (tertiary/aromatic N) is 2. The van der Waals surface area contributed by atoms with E-state index in [-0.39, 0.29) is 11.7 Å². The van der Waals surface area contributed by atoms with Crippen molar-refractivity contribution < 1.29 is 9.90 Å². The first kappa shape index (κ1) is 16.1. The average Bonchev–Trinajstić information content (AvgIpc) is 2.88. The minimum Gasteiger partial charge on any atom is -0.506 e. The van der Waals surface area contributed by atoms with Gasteiger partial charge in [0, 0.05) is 6.20 Å². The Labute approximate surface area is 141 Å². The van der Waals surface area contributed by atoms with Crippen molar-refractivity contribution in [2.45, 2.75) is 33.6 Å². The molecule has 0 spiro atoms. The number of pyridine rings is 1. The number of hydrogen-bond donors (Lipinski definition) is 2. The lowest BCUT2D eigenvalue weighted by molar-refractivity contribution is 0.102. The lowest BCUT2D eigenvalue weighted by atomic mass is 10.1. The van der Waals surface area contributed by atoms with E-state index in [1.54, 1.807) is 18.2 Å². The highest BCUT2D eigenvalue weighted by atomic mass is 16.3. The van der Waals surface area contributed by atoms with Gasteiger partial charge in [-0.2, -0.15) is 0 Å². The fourth-order valence-electron chi connectivity index (χ4n) is 2.78. The van der Waals surface area contributed by atoms with Gasteiger partial charge in [-0.15, -0.1) is 0 Å². The summed E-state index contributed by atoms with van der Waals surface area (Å²) in [5.74, 6) is -0.214. The molecule has 2 aromatic heterocycles. The maximum atomic E-state index is 12.9. The van der Waals surface area contributed by atoms with Crippen LogP contribution in [-0.4, -0.2) is 20.4 Å². The molecule has 5 nitrogen and oxygen atoms in total. The topological polar surface area (TPSA) is 66.6 Å². The summed E-state index contributed by atoms with van der Waals surface area (Å²) in [4.78, 5) is 17.5. The Morgan fingerprint density at radius 2 is 1.96 bits per heavy atom. The van der Waals surface area contributed by atoms with Crippen LogP contribution in [-0.2, 0) is 6.42 Å². The number of aryl methyl sites for hydroxylation is 3. The molecule has 24 heavy (non-hydrogen) atoms. The minimum atomic E-state index is -0.266. The lowest BCUT2D eigenvalue weighted by Gasteiger charge is -2.09. The van der Waals surface area contributed by atoms with Crippen LogP contribution in [0.25, 0.3) is 5.65 Å². The highest BCUT2D eigenvalue weighted by Crippen LogP contribution is 2.25. The number of amides is 1. The maximum Gasteiger partial charge on any atom is 0.274 e. The van der Waals surface area contributed by atoms with Crippen LogP contribution in [0.2, 0.25) is 0 Å². The number of hydrogen-bond acceptors (Lipinski definition) is 3. The van der Waals surface area contributed by atoms with Gasteiger partial charge in [0.2, 0.25) is 0 Å². The van der Waals surface area contributed by atoms with E-state index in [0.717, 1.165) is 35.3 Å². The molecule has 3 rings (SSSR count). The maximum absolute atomic E-state index is 12.9. The van der Waals surface area contributed by atoms with Gasteiger partial charge in [0.25, 0.3) is 5.91 Å². The Morgan fingerprint density at radius 1 is 1.21 bits per heavy atom. The molecule has 5 heteroatoms. The molecular formula is C19H21N3O2. The standard InChI is InChI=1S/C19H21N3O2/c1-4-5-14-18(22-11-13(3)7-9-17(22)20-14)19(24)21-15-10-12(2)6-8-16(15)23/h6-11,23H,4-5H2,1-3H3,(H,21,24). The van der Waals surface area contributed by atoms with Crippen molar-refractivity contribution in [1.82, 2.24) is 9.38 Å². The summed E-state index contributed by atoms with van der Waals surface area (Å²) in [7, 11) is 0. The molecule has 2 heterocycles. The van der Waals surface area contributed by atoms with Crippen LogP contribution in [0.5, 0.6) is 5.75 Å². The highest BCUT2D eigenvalue weighted by Gasteiger charge is 2.20. The predicted octanol–water partition coefficient (Wildman–Crippen LogP) is 3.86. The van der Waals surface area contributed by atoms with Crippen LogP contribution in [0.3, 0.4) is 0 Å². The molecule has 0 aliphatic rings. The first-order chi connectivity index (χ1) is 11.5. The highest BCUT2D eigenvalue weighted by molar-refractivity contribution is 6.05. The number of phenolic OH excluding ortho intramolecular Hbond substituents is 1. The van der Waals surface area contributed by atoms with Gasteiger partial charge in [0.15, 0.2) is 0 Å². The predicted molar refractivity (Wildman–Crippen MR) is 94.7 cm³/mol. The zero-order valence-corrected chi connectivity index (χ0v) is 14.1. The molecule has 0 fully saturated rings. The second-order valence-electron chi connectivity index (χ2n) is 6.07. The first-order valence-electron chi connectivity index (χ1n) is 8.08. The number of rotatable bonds is 4. The molecule has 0 aliphatic carbocycles. The molecule has 3 aromatic rings. The molecule has 0 saturated heterocycles. The molecule has 0 atom stereocenters. The number of aromatic nitrogens is 2. The van der Waals surface area contributed by atoms with E-state index in [0.29, 0.717) is 11.4 Å². The number of nitrogens with one attached hydrogen (secondary N) is 1. The van der Waals surface area contributed by atoms with Crippen molar-refractivity contribution in [3.05, 3.63) is 59.0 Å². The van der Waals surface area contributed by atoms with E-state index in [2.05, 4.69) is 17.2 Å². The summed E-state index contributed by atoms with van der Waals surface area (Å²) in [5, 5.41) is 12.8. The number of benzene rings is 1. The summed E-state index contributed by atoms with van der Waals surface area (Å²) < 4.78 is 1.82. The number of anilines is 1. The van der Waals surface area contributed by atoms with Gasteiger partial charge in [0.05, 0.1) is 11.4 Å². The molecule has 1 amide bonds. The zero-order valence-electron chi connectivity index (χ0n) is 14.1. The van der Waals surface area contributed by atoms with Crippen LogP contribution in [0.1, 0.15) is 40.7 Å². The van der Waals surface area contributed by atoms with E-state index in [9.17, 15) is 9.90 Å². The summed E-state index contributed by atoms with van der Waals surface area (Å²) in [6.45, 7) is 5.95. The number of fused-ring (bicyclic) bond motifs is 1. The van der Waals surface area contributed by atoms with Gasteiger partial charge in [-0.3, -0.25) is 9.20 Å². The van der Waals surface area contributed by atoms with Crippen LogP contribution in [0, 0.1) is 13.8 Å². The summed E-state index contributed by atoms with van der Waals surface area (Å²) >= 11 is 0. The third-order valence-corrected chi connectivity index (χ3v) is 3.94. The Kier molecular flexibility index (Phi) is 4.25. The van der Waals surface area contributed by atoms with Crippen LogP contribution in [0.15, 0.2) is 36.5 Å². The van der Waals surface area contributed by atoms with Gasteiger partial charge in [0.1, 0.15) is 17.1 Å². The molecule has 0 saturated carbocycles. The van der Waals surface area contributed by atoms with E-state index in [4.69, 9.17) is 0 Å². The van der Waals surface area contributed by atoms with Gasteiger partial charge < -0.3 is 10.4 Å². The minimum absolute atomic E-state index is 0.0518. The monoisotopic (exact) mass is 323 g/mol. The Balaban J connectivity index is 2.06. The van der Waals surface area contributed by atoms with Crippen LogP contribution >= 0.6 is 0 Å². The lowest BCUT2D eigenvalue weighted by Crippen LogP contribution is -2.16. The van der Waals surface area contributed by atoms with E-state index in [1.807, 2.05) is 36.6 Å². The zero-order chi connectivity index (χ0) is 17.3. The second-order valence-corrected chi connectivity index (χ2v) is 6.07. The number of aromatic hydroxyl groups is 1. The quantitative estimate of drug-likeness (QED) is 0.716. The van der Waals surface area contributed by atoms with Gasteiger partial charge in [-0.1, -0.05) is 25.5 Å². The fourth-order valence-corrected chi connectivity index (χ4v) is 2.78. The van der Waals surface area contributed by atoms with Gasteiger partial charge in [-0.25, -0.2) is 4.98 Å². The van der Waals surface area contributed by atoms with Gasteiger partial charge in [-0.05, 0) is 49.6 Å². The molecule has 0 radical (unpaired) electrons. The number of phenols is 1. The van der Waals surface area contributed by atoms with Crippen molar-refractivity contribution in [2.24, 2.45) is 0 Å². The van der Waals surface area contributed by atoms with E-state index < -0.39 is 0 Å². The number of carbonyl (C=O) groups excluding carboxylic acids is 1. The number of carbonyl (C=O) groups is 1. The molecular weight excluding hydrogens is 302 g/mol. The van der Waals surface area contributed by atoms with Crippen LogP contribution < -0.4 is 5.32 Å². The first-order valence-corrected chi connectivity index (χ1v) is 8.08. The SMILES string of the molecule is CCCc1nc2ccc(C)cn2c1C(=O)Nc1cc(C)ccc1O. The van der Waals surface area contributed by atoms with Crippen molar-refractivity contribution in [3.8, 4) is 5.75 Å². The Hall–Kier alpha value is -2.82. The third kappa shape index (κ3) is 2.97. The van der Waals surface area contributed by atoms with Crippen molar-refractivity contribution >= 4 is 17.2 Å². The molecule has 0 bridgehead atoms.